The SMILES string of the molecule is CC(C)(C)C=CCCC=CCCC=CC=O. The summed E-state index contributed by atoms with van der Waals surface area (Å²) in [7, 11) is 0. The van der Waals surface area contributed by atoms with Gasteiger partial charge in [0.2, 0.25) is 0 Å². The van der Waals surface area contributed by atoms with E-state index in [4.69, 9.17) is 0 Å². The Kier molecular flexibility index (Phi) is 8.51. The Bertz CT molecular complexity index is 251. The molecule has 1 nitrogen and oxygen atoms in total. The molecule has 0 aromatic heterocycles. The van der Waals surface area contributed by atoms with Crippen LogP contribution < -0.4 is 0 Å². The van der Waals surface area contributed by atoms with Gasteiger partial charge in [0.25, 0.3) is 0 Å². The first-order valence-electron chi connectivity index (χ1n) is 5.99. The summed E-state index contributed by atoms with van der Waals surface area (Å²) in [6, 6.07) is 0. The molecule has 0 aromatic carbocycles. The molecule has 0 atom stereocenters. The molecule has 0 unspecified atom stereocenters. The molecule has 0 bridgehead atoms. The summed E-state index contributed by atoms with van der Waals surface area (Å²) in [5.41, 5.74) is 0.295. The third kappa shape index (κ3) is 12.9. The van der Waals surface area contributed by atoms with E-state index in [9.17, 15) is 4.79 Å². The van der Waals surface area contributed by atoms with E-state index < -0.39 is 0 Å². The van der Waals surface area contributed by atoms with Gasteiger partial charge in [0.1, 0.15) is 6.29 Å². The van der Waals surface area contributed by atoms with Crippen molar-refractivity contribution in [3.05, 3.63) is 36.5 Å². The number of rotatable bonds is 7. The molecule has 0 amide bonds. The average molecular weight is 220 g/mol. The summed E-state index contributed by atoms with van der Waals surface area (Å²) in [5.74, 6) is 0. The van der Waals surface area contributed by atoms with Gasteiger partial charge < -0.3 is 0 Å². The van der Waals surface area contributed by atoms with Crippen molar-refractivity contribution in [2.24, 2.45) is 5.41 Å². The first kappa shape index (κ1) is 14.9. The van der Waals surface area contributed by atoms with Gasteiger partial charge in [0, 0.05) is 0 Å². The van der Waals surface area contributed by atoms with Gasteiger partial charge in [-0.05, 0) is 37.2 Å². The molecule has 0 aliphatic carbocycles. The molecule has 0 N–H and O–H groups in total. The van der Waals surface area contributed by atoms with Crippen molar-refractivity contribution in [3.8, 4) is 0 Å². The molecule has 0 aliphatic rings. The van der Waals surface area contributed by atoms with Crippen molar-refractivity contribution in [2.45, 2.75) is 46.5 Å². The van der Waals surface area contributed by atoms with Gasteiger partial charge in [-0.1, -0.05) is 51.2 Å². The van der Waals surface area contributed by atoms with Crippen LogP contribution in [0.1, 0.15) is 46.5 Å². The van der Waals surface area contributed by atoms with E-state index >= 15 is 0 Å². The maximum atomic E-state index is 9.98. The Morgan fingerprint density at radius 3 is 1.81 bits per heavy atom. The highest BCUT2D eigenvalue weighted by atomic mass is 16.1. The predicted molar refractivity (Wildman–Crippen MR) is 71.4 cm³/mol. The van der Waals surface area contributed by atoms with Gasteiger partial charge in [0.05, 0.1) is 0 Å². The quantitative estimate of drug-likeness (QED) is 0.268. The van der Waals surface area contributed by atoms with Crippen molar-refractivity contribution in [1.82, 2.24) is 0 Å². The van der Waals surface area contributed by atoms with Gasteiger partial charge in [-0.3, -0.25) is 4.79 Å². The molecule has 0 aliphatic heterocycles. The molecule has 0 heterocycles. The highest BCUT2D eigenvalue weighted by molar-refractivity contribution is 5.64. The van der Waals surface area contributed by atoms with E-state index in [0.717, 1.165) is 32.0 Å². The second-order valence-electron chi connectivity index (χ2n) is 4.96. The minimum atomic E-state index is 0.295. The van der Waals surface area contributed by atoms with E-state index in [1.54, 1.807) is 6.08 Å². The lowest BCUT2D eigenvalue weighted by atomic mass is 9.96. The van der Waals surface area contributed by atoms with Gasteiger partial charge in [-0.25, -0.2) is 0 Å². The van der Waals surface area contributed by atoms with Crippen LogP contribution in [-0.4, -0.2) is 6.29 Å². The van der Waals surface area contributed by atoms with Crippen molar-refractivity contribution >= 4 is 6.29 Å². The molecule has 0 rings (SSSR count). The summed E-state index contributed by atoms with van der Waals surface area (Å²) < 4.78 is 0. The molecule has 16 heavy (non-hydrogen) atoms. The van der Waals surface area contributed by atoms with E-state index in [1.165, 1.54) is 0 Å². The van der Waals surface area contributed by atoms with Crippen molar-refractivity contribution in [3.63, 3.8) is 0 Å². The van der Waals surface area contributed by atoms with Crippen LogP contribution in [0.3, 0.4) is 0 Å². The zero-order valence-electron chi connectivity index (χ0n) is 10.8. The van der Waals surface area contributed by atoms with Crippen molar-refractivity contribution in [1.29, 1.82) is 0 Å². The summed E-state index contributed by atoms with van der Waals surface area (Å²) in [5, 5.41) is 0. The molecular weight excluding hydrogens is 196 g/mol. The third-order valence-corrected chi connectivity index (χ3v) is 2.00. The van der Waals surface area contributed by atoms with Crippen molar-refractivity contribution < 1.29 is 4.79 Å². The van der Waals surface area contributed by atoms with E-state index in [-0.39, 0.29) is 0 Å². The maximum Gasteiger partial charge on any atom is 0.142 e. The van der Waals surface area contributed by atoms with Crippen molar-refractivity contribution in [2.75, 3.05) is 0 Å². The minimum Gasteiger partial charge on any atom is -0.299 e. The highest BCUT2D eigenvalue weighted by Crippen LogP contribution is 2.15. The molecule has 1 heteroatoms. The molecule has 0 aromatic rings. The Labute approximate surface area is 99.9 Å². The average Bonchev–Trinajstić information content (AvgIpc) is 2.19. The lowest BCUT2D eigenvalue weighted by Gasteiger charge is -2.10. The second-order valence-corrected chi connectivity index (χ2v) is 4.96. The first-order valence-corrected chi connectivity index (χ1v) is 5.99. The number of carbonyl (C=O) groups excluding carboxylic acids is 1. The molecule has 0 saturated heterocycles. The Morgan fingerprint density at radius 1 is 0.812 bits per heavy atom. The van der Waals surface area contributed by atoms with Gasteiger partial charge >= 0.3 is 0 Å². The number of allylic oxidation sites excluding steroid dienone is 6. The number of carbonyl (C=O) groups is 1. The largest absolute Gasteiger partial charge is 0.299 e. The second kappa shape index (κ2) is 9.14. The Balaban J connectivity index is 3.45. The Morgan fingerprint density at radius 2 is 1.31 bits per heavy atom. The first-order chi connectivity index (χ1) is 7.56. The fourth-order valence-corrected chi connectivity index (χ4v) is 1.21. The van der Waals surface area contributed by atoms with E-state index in [1.807, 2.05) is 6.08 Å². The molecular formula is C15H24O. The predicted octanol–water partition coefficient (Wildman–Crippen LogP) is 4.46. The topological polar surface area (TPSA) is 17.1 Å². The highest BCUT2D eigenvalue weighted by Gasteiger charge is 2.01. The van der Waals surface area contributed by atoms with Crippen LogP contribution in [0.4, 0.5) is 0 Å². The normalized spacial score (nSPS) is 13.2. The van der Waals surface area contributed by atoms with Crippen LogP contribution in [0.15, 0.2) is 36.5 Å². The van der Waals surface area contributed by atoms with Crippen LogP contribution in [0, 0.1) is 5.41 Å². The standard InChI is InChI=1S/C15H24O/c1-15(2,3)13-11-9-7-5-4-6-8-10-12-14-16/h4-5,10-14H,6-9H2,1-3H3. The van der Waals surface area contributed by atoms with E-state index in [2.05, 4.69) is 45.1 Å². The van der Waals surface area contributed by atoms with Gasteiger partial charge in [-0.15, -0.1) is 0 Å². The zero-order chi connectivity index (χ0) is 12.3. The molecule has 90 valence electrons. The lowest BCUT2D eigenvalue weighted by molar-refractivity contribution is -0.104. The number of hydrogen-bond donors (Lipinski definition) is 0. The summed E-state index contributed by atoms with van der Waals surface area (Å²) in [6.07, 6.45) is 17.4. The molecule has 0 radical (unpaired) electrons. The molecule has 0 saturated carbocycles. The zero-order valence-corrected chi connectivity index (χ0v) is 10.8. The minimum absolute atomic E-state index is 0.295. The summed E-state index contributed by atoms with van der Waals surface area (Å²) in [4.78, 5) is 9.98. The van der Waals surface area contributed by atoms with Gasteiger partial charge in [0.15, 0.2) is 0 Å². The number of unbranched alkanes of at least 4 members (excludes halogenated alkanes) is 2. The van der Waals surface area contributed by atoms with Gasteiger partial charge in [-0.2, -0.15) is 0 Å². The smallest absolute Gasteiger partial charge is 0.142 e. The fraction of sp³-hybridized carbons (Fsp3) is 0.533. The summed E-state index contributed by atoms with van der Waals surface area (Å²) in [6.45, 7) is 6.62. The maximum absolute atomic E-state index is 9.98. The molecule has 0 spiro atoms. The van der Waals surface area contributed by atoms with Crippen LogP contribution in [0.2, 0.25) is 0 Å². The fourth-order valence-electron chi connectivity index (χ4n) is 1.21. The van der Waals surface area contributed by atoms with Crippen LogP contribution >= 0.6 is 0 Å². The third-order valence-electron chi connectivity index (χ3n) is 2.00. The summed E-state index contributed by atoms with van der Waals surface area (Å²) >= 11 is 0. The van der Waals surface area contributed by atoms with Crippen LogP contribution in [0.5, 0.6) is 0 Å². The Hall–Kier alpha value is -1.11. The monoisotopic (exact) mass is 220 g/mol. The lowest BCUT2D eigenvalue weighted by Crippen LogP contribution is -1.97. The van der Waals surface area contributed by atoms with E-state index in [0.29, 0.717) is 5.41 Å². The van der Waals surface area contributed by atoms with Crippen LogP contribution in [0.25, 0.3) is 0 Å². The number of hydrogen-bond acceptors (Lipinski definition) is 1. The molecule has 0 fully saturated rings. The number of aldehydes is 1. The van der Waals surface area contributed by atoms with Crippen LogP contribution in [-0.2, 0) is 4.79 Å².